The topological polar surface area (TPSA) is 90.0 Å². The van der Waals surface area contributed by atoms with Gasteiger partial charge in [0.15, 0.2) is 0 Å². The molecule has 2 aliphatic rings. The molecule has 2 fully saturated rings. The van der Waals surface area contributed by atoms with Crippen LogP contribution < -0.4 is 5.32 Å². The van der Waals surface area contributed by atoms with Gasteiger partial charge in [0, 0.05) is 26.2 Å². The van der Waals surface area contributed by atoms with Crippen LogP contribution in [-0.4, -0.2) is 65.5 Å². The number of carboxylic acid groups (broad SMARTS) is 1. The van der Waals surface area contributed by atoms with Crippen LogP contribution in [0.4, 0.5) is 4.79 Å². The predicted octanol–water partition coefficient (Wildman–Crippen LogP) is -0.275. The molecule has 0 aliphatic carbocycles. The smallest absolute Gasteiger partial charge is 0.317 e. The normalized spacial score (nSPS) is 19.8. The number of urea groups is 1. The molecule has 2 heterocycles. The van der Waals surface area contributed by atoms with Crippen LogP contribution in [0.5, 0.6) is 0 Å². The minimum absolute atomic E-state index is 0.00687. The van der Waals surface area contributed by atoms with E-state index in [1.807, 2.05) is 0 Å². The molecule has 0 aromatic heterocycles. The average molecular weight is 269 g/mol. The molecule has 0 spiro atoms. The number of hydrogen-bond donors (Lipinski definition) is 2. The second kappa shape index (κ2) is 5.90. The third kappa shape index (κ3) is 3.36. The largest absolute Gasteiger partial charge is 0.481 e. The SMILES string of the molecule is O=C(O)C1CN(C(=O)NCC(=O)N2CCCCC2)C1. The van der Waals surface area contributed by atoms with E-state index in [4.69, 9.17) is 5.11 Å². The molecule has 0 bridgehead atoms. The van der Waals surface area contributed by atoms with Gasteiger partial charge >= 0.3 is 12.0 Å². The lowest BCUT2D eigenvalue weighted by atomic mass is 10.0. The molecule has 0 saturated carbocycles. The summed E-state index contributed by atoms with van der Waals surface area (Å²) >= 11 is 0. The number of amides is 3. The van der Waals surface area contributed by atoms with E-state index in [1.54, 1.807) is 4.90 Å². The summed E-state index contributed by atoms with van der Waals surface area (Å²) in [6, 6.07) is -0.358. The van der Waals surface area contributed by atoms with Crippen molar-refractivity contribution in [3.63, 3.8) is 0 Å². The van der Waals surface area contributed by atoms with Crippen LogP contribution in [0.25, 0.3) is 0 Å². The molecule has 0 atom stereocenters. The lowest BCUT2D eigenvalue weighted by Crippen LogP contribution is -2.57. The Morgan fingerprint density at radius 2 is 1.68 bits per heavy atom. The van der Waals surface area contributed by atoms with Gasteiger partial charge in [-0.2, -0.15) is 0 Å². The van der Waals surface area contributed by atoms with Gasteiger partial charge in [0.25, 0.3) is 0 Å². The van der Waals surface area contributed by atoms with E-state index in [0.29, 0.717) is 0 Å². The van der Waals surface area contributed by atoms with E-state index in [-0.39, 0.29) is 31.6 Å². The van der Waals surface area contributed by atoms with Gasteiger partial charge in [0.1, 0.15) is 0 Å². The number of nitrogens with zero attached hydrogens (tertiary/aromatic N) is 2. The second-order valence-corrected chi connectivity index (χ2v) is 5.04. The average Bonchev–Trinajstić information content (AvgIpc) is 2.34. The number of nitrogens with one attached hydrogen (secondary N) is 1. The summed E-state index contributed by atoms with van der Waals surface area (Å²) in [6.07, 6.45) is 3.19. The minimum atomic E-state index is -0.881. The highest BCUT2D eigenvalue weighted by molar-refractivity contribution is 5.85. The van der Waals surface area contributed by atoms with Gasteiger partial charge in [0.05, 0.1) is 12.5 Å². The number of hydrogen-bond acceptors (Lipinski definition) is 3. The molecule has 106 valence electrons. The summed E-state index contributed by atoms with van der Waals surface area (Å²) in [4.78, 5) is 37.2. The Labute approximate surface area is 111 Å². The van der Waals surface area contributed by atoms with E-state index in [2.05, 4.69) is 5.32 Å². The van der Waals surface area contributed by atoms with Crippen LogP contribution in [0.3, 0.4) is 0 Å². The molecule has 0 unspecified atom stereocenters. The van der Waals surface area contributed by atoms with Crippen molar-refractivity contribution in [2.45, 2.75) is 19.3 Å². The third-order valence-electron chi connectivity index (χ3n) is 3.62. The third-order valence-corrected chi connectivity index (χ3v) is 3.62. The first-order valence-corrected chi connectivity index (χ1v) is 6.61. The molecule has 2 rings (SSSR count). The van der Waals surface area contributed by atoms with Crippen molar-refractivity contribution < 1.29 is 19.5 Å². The molecular formula is C12H19N3O4. The van der Waals surface area contributed by atoms with Gasteiger partial charge in [-0.25, -0.2) is 4.79 Å². The monoisotopic (exact) mass is 269 g/mol. The van der Waals surface area contributed by atoms with Gasteiger partial charge in [0.2, 0.25) is 5.91 Å². The van der Waals surface area contributed by atoms with Crippen molar-refractivity contribution in [1.29, 1.82) is 0 Å². The van der Waals surface area contributed by atoms with Crippen molar-refractivity contribution in [2.75, 3.05) is 32.7 Å². The number of likely N-dealkylation sites (tertiary alicyclic amines) is 2. The first-order chi connectivity index (χ1) is 9.08. The number of piperidine rings is 1. The van der Waals surface area contributed by atoms with Crippen LogP contribution in [0.2, 0.25) is 0 Å². The zero-order valence-electron chi connectivity index (χ0n) is 10.8. The number of aliphatic carboxylic acids is 1. The maximum atomic E-state index is 11.8. The Morgan fingerprint density at radius 3 is 2.26 bits per heavy atom. The molecule has 2 aliphatic heterocycles. The van der Waals surface area contributed by atoms with E-state index in [1.165, 1.54) is 4.90 Å². The first-order valence-electron chi connectivity index (χ1n) is 6.61. The Kier molecular flexibility index (Phi) is 4.24. The van der Waals surface area contributed by atoms with Crippen LogP contribution in [0.15, 0.2) is 0 Å². The lowest BCUT2D eigenvalue weighted by Gasteiger charge is -2.36. The van der Waals surface area contributed by atoms with E-state index in [0.717, 1.165) is 32.4 Å². The van der Waals surface area contributed by atoms with Crippen molar-refractivity contribution >= 4 is 17.9 Å². The highest BCUT2D eigenvalue weighted by Crippen LogP contribution is 2.15. The number of rotatable bonds is 3. The maximum absolute atomic E-state index is 11.8. The standard InChI is InChI=1S/C12H19N3O4/c16-10(14-4-2-1-3-5-14)6-13-12(19)15-7-9(8-15)11(17)18/h9H,1-8H2,(H,13,19)(H,17,18). The molecule has 0 radical (unpaired) electrons. The molecule has 0 aromatic carbocycles. The Morgan fingerprint density at radius 1 is 1.05 bits per heavy atom. The van der Waals surface area contributed by atoms with Crippen LogP contribution >= 0.6 is 0 Å². The molecule has 2 saturated heterocycles. The van der Waals surface area contributed by atoms with Crippen molar-refractivity contribution in [1.82, 2.24) is 15.1 Å². The molecule has 0 aromatic rings. The fourth-order valence-electron chi connectivity index (χ4n) is 2.32. The quantitative estimate of drug-likeness (QED) is 0.737. The summed E-state index contributed by atoms with van der Waals surface area (Å²) < 4.78 is 0. The van der Waals surface area contributed by atoms with Gasteiger partial charge in [-0.1, -0.05) is 0 Å². The summed E-state index contributed by atoms with van der Waals surface area (Å²) in [5.41, 5.74) is 0. The summed E-state index contributed by atoms with van der Waals surface area (Å²) in [6.45, 7) is 1.96. The fraction of sp³-hybridized carbons (Fsp3) is 0.750. The highest BCUT2D eigenvalue weighted by atomic mass is 16.4. The van der Waals surface area contributed by atoms with Crippen LogP contribution in [-0.2, 0) is 9.59 Å². The number of carbonyl (C=O) groups excluding carboxylic acids is 2. The molecule has 19 heavy (non-hydrogen) atoms. The fourth-order valence-corrected chi connectivity index (χ4v) is 2.32. The van der Waals surface area contributed by atoms with E-state index in [9.17, 15) is 14.4 Å². The summed E-state index contributed by atoms with van der Waals surface area (Å²) in [5, 5.41) is 11.2. The van der Waals surface area contributed by atoms with Crippen molar-refractivity contribution in [3.8, 4) is 0 Å². The molecular weight excluding hydrogens is 250 g/mol. The second-order valence-electron chi connectivity index (χ2n) is 5.04. The minimum Gasteiger partial charge on any atom is -0.481 e. The number of carboxylic acids is 1. The Balaban J connectivity index is 1.66. The Hall–Kier alpha value is -1.79. The summed E-state index contributed by atoms with van der Waals surface area (Å²) in [7, 11) is 0. The van der Waals surface area contributed by atoms with Crippen LogP contribution in [0.1, 0.15) is 19.3 Å². The molecule has 2 N–H and O–H groups in total. The van der Waals surface area contributed by atoms with E-state index < -0.39 is 11.9 Å². The molecule has 7 heteroatoms. The van der Waals surface area contributed by atoms with Crippen molar-refractivity contribution in [2.24, 2.45) is 5.92 Å². The van der Waals surface area contributed by atoms with Gasteiger partial charge < -0.3 is 20.2 Å². The zero-order chi connectivity index (χ0) is 13.8. The maximum Gasteiger partial charge on any atom is 0.317 e. The van der Waals surface area contributed by atoms with Crippen molar-refractivity contribution in [3.05, 3.63) is 0 Å². The van der Waals surface area contributed by atoms with Gasteiger partial charge in [-0.3, -0.25) is 9.59 Å². The summed E-state index contributed by atoms with van der Waals surface area (Å²) in [5.74, 6) is -1.42. The van der Waals surface area contributed by atoms with Crippen LogP contribution in [0, 0.1) is 5.92 Å². The number of carbonyl (C=O) groups is 3. The lowest BCUT2D eigenvalue weighted by molar-refractivity contribution is -0.146. The van der Waals surface area contributed by atoms with Gasteiger partial charge in [-0.05, 0) is 19.3 Å². The highest BCUT2D eigenvalue weighted by Gasteiger charge is 2.35. The van der Waals surface area contributed by atoms with Gasteiger partial charge in [-0.15, -0.1) is 0 Å². The Bertz CT molecular complexity index is 373. The predicted molar refractivity (Wildman–Crippen MR) is 66.5 cm³/mol. The zero-order valence-corrected chi connectivity index (χ0v) is 10.8. The molecule has 3 amide bonds. The molecule has 7 nitrogen and oxygen atoms in total. The van der Waals surface area contributed by atoms with E-state index >= 15 is 0 Å². The first kappa shape index (κ1) is 13.6.